The first kappa shape index (κ1) is 16.0. The molecule has 4 nitrogen and oxygen atoms in total. The van der Waals surface area contributed by atoms with Crippen LogP contribution in [-0.2, 0) is 14.3 Å². The number of carbonyl (C=O) groups excluding carboxylic acids is 2. The molecule has 2 unspecified atom stereocenters. The summed E-state index contributed by atoms with van der Waals surface area (Å²) in [7, 11) is 1.44. The molecule has 2 aliphatic rings. The topological polar surface area (TPSA) is 52.6 Å². The summed E-state index contributed by atoms with van der Waals surface area (Å²) in [4.78, 5) is 25.1. The van der Waals surface area contributed by atoms with Gasteiger partial charge in [0.25, 0.3) is 0 Å². The van der Waals surface area contributed by atoms with Crippen LogP contribution in [0, 0.1) is 11.3 Å². The number of rotatable bonds is 4. The van der Waals surface area contributed by atoms with E-state index in [1.807, 2.05) is 18.2 Å². The molecule has 1 aromatic rings. The molecule has 0 radical (unpaired) electrons. The Balaban J connectivity index is 1.84. The van der Waals surface area contributed by atoms with Gasteiger partial charge < -0.3 is 9.47 Å². The van der Waals surface area contributed by atoms with Crippen molar-refractivity contribution in [2.75, 3.05) is 7.11 Å². The zero-order chi connectivity index (χ0) is 16.3. The van der Waals surface area contributed by atoms with E-state index in [9.17, 15) is 9.59 Å². The zero-order valence-electron chi connectivity index (χ0n) is 13.6. The standard InChI is InChI=1S/C19H24O4/c1-22-18(21)19(15-10-5-6-11-15)13-7-12-16(19)23-17(20)14-8-3-2-4-9-14/h2-4,8-9,15-16H,5-7,10-13H2,1H3. The third-order valence-corrected chi connectivity index (χ3v) is 5.54. The maximum Gasteiger partial charge on any atom is 0.338 e. The number of benzene rings is 1. The number of methoxy groups -OCH3 is 1. The van der Waals surface area contributed by atoms with Gasteiger partial charge >= 0.3 is 11.9 Å². The van der Waals surface area contributed by atoms with Crippen LogP contribution in [0.15, 0.2) is 30.3 Å². The summed E-state index contributed by atoms with van der Waals surface area (Å²) in [6, 6.07) is 8.98. The van der Waals surface area contributed by atoms with Gasteiger partial charge in [0.2, 0.25) is 0 Å². The van der Waals surface area contributed by atoms with E-state index < -0.39 is 5.41 Å². The summed E-state index contributed by atoms with van der Waals surface area (Å²) in [5.74, 6) is -0.275. The summed E-state index contributed by atoms with van der Waals surface area (Å²) >= 11 is 0. The number of carbonyl (C=O) groups is 2. The number of esters is 2. The fraction of sp³-hybridized carbons (Fsp3) is 0.579. The zero-order valence-corrected chi connectivity index (χ0v) is 13.6. The summed E-state index contributed by atoms with van der Waals surface area (Å²) < 4.78 is 10.9. The third kappa shape index (κ3) is 2.87. The van der Waals surface area contributed by atoms with Gasteiger partial charge in [-0.05, 0) is 50.2 Å². The molecule has 0 spiro atoms. The highest BCUT2D eigenvalue weighted by Crippen LogP contribution is 2.52. The second kappa shape index (κ2) is 6.73. The van der Waals surface area contributed by atoms with Crippen LogP contribution in [0.4, 0.5) is 0 Å². The normalized spacial score (nSPS) is 27.8. The molecule has 2 atom stereocenters. The van der Waals surface area contributed by atoms with Gasteiger partial charge in [-0.25, -0.2) is 4.79 Å². The van der Waals surface area contributed by atoms with Crippen LogP contribution >= 0.6 is 0 Å². The van der Waals surface area contributed by atoms with E-state index in [2.05, 4.69) is 0 Å². The van der Waals surface area contributed by atoms with E-state index in [1.54, 1.807) is 12.1 Å². The van der Waals surface area contributed by atoms with E-state index in [4.69, 9.17) is 9.47 Å². The molecule has 0 aliphatic heterocycles. The second-order valence-electron chi connectivity index (χ2n) is 6.67. The maximum atomic E-state index is 12.6. The fourth-order valence-electron chi connectivity index (χ4n) is 4.43. The highest BCUT2D eigenvalue weighted by molar-refractivity contribution is 5.90. The second-order valence-corrected chi connectivity index (χ2v) is 6.67. The van der Waals surface area contributed by atoms with Crippen LogP contribution in [0.5, 0.6) is 0 Å². The molecule has 2 fully saturated rings. The molecule has 4 heteroatoms. The molecular formula is C19H24O4. The molecule has 3 rings (SSSR count). The first-order chi connectivity index (χ1) is 11.2. The van der Waals surface area contributed by atoms with Crippen molar-refractivity contribution in [3.05, 3.63) is 35.9 Å². The van der Waals surface area contributed by atoms with E-state index >= 15 is 0 Å². The molecule has 0 amide bonds. The van der Waals surface area contributed by atoms with Crippen molar-refractivity contribution >= 4 is 11.9 Å². The molecule has 124 valence electrons. The van der Waals surface area contributed by atoms with Crippen molar-refractivity contribution in [2.45, 2.75) is 51.0 Å². The minimum Gasteiger partial charge on any atom is -0.468 e. The lowest BCUT2D eigenvalue weighted by Crippen LogP contribution is -2.46. The lowest BCUT2D eigenvalue weighted by Gasteiger charge is -2.37. The number of ether oxygens (including phenoxy) is 2. The Bertz CT molecular complexity index is 562. The van der Waals surface area contributed by atoms with Gasteiger partial charge in [0, 0.05) is 0 Å². The minimum absolute atomic E-state index is 0.201. The highest BCUT2D eigenvalue weighted by atomic mass is 16.6. The Hall–Kier alpha value is -1.84. The van der Waals surface area contributed by atoms with Gasteiger partial charge in [0.15, 0.2) is 0 Å². The van der Waals surface area contributed by atoms with Crippen molar-refractivity contribution in [3.63, 3.8) is 0 Å². The first-order valence-electron chi connectivity index (χ1n) is 8.53. The third-order valence-electron chi connectivity index (χ3n) is 5.54. The molecule has 1 aromatic carbocycles. The van der Waals surface area contributed by atoms with Crippen LogP contribution in [-0.4, -0.2) is 25.2 Å². The summed E-state index contributed by atoms with van der Waals surface area (Å²) in [6.07, 6.45) is 6.36. The van der Waals surface area contributed by atoms with Crippen molar-refractivity contribution in [2.24, 2.45) is 11.3 Å². The Morgan fingerprint density at radius 1 is 1.04 bits per heavy atom. The van der Waals surface area contributed by atoms with Crippen molar-refractivity contribution < 1.29 is 19.1 Å². The summed E-state index contributed by atoms with van der Waals surface area (Å²) in [5, 5.41) is 0. The minimum atomic E-state index is -0.643. The molecule has 0 saturated heterocycles. The largest absolute Gasteiger partial charge is 0.468 e. The molecule has 0 aromatic heterocycles. The van der Waals surface area contributed by atoms with Crippen LogP contribution in [0.3, 0.4) is 0 Å². The average molecular weight is 316 g/mol. The van der Waals surface area contributed by atoms with Crippen molar-refractivity contribution in [1.82, 2.24) is 0 Å². The molecule has 2 aliphatic carbocycles. The molecule has 23 heavy (non-hydrogen) atoms. The maximum absolute atomic E-state index is 12.6. The van der Waals surface area contributed by atoms with Crippen molar-refractivity contribution in [3.8, 4) is 0 Å². The Morgan fingerprint density at radius 2 is 1.74 bits per heavy atom. The monoisotopic (exact) mass is 316 g/mol. The van der Waals surface area contributed by atoms with Gasteiger partial charge in [-0.15, -0.1) is 0 Å². The van der Waals surface area contributed by atoms with Crippen LogP contribution in [0.1, 0.15) is 55.3 Å². The molecular weight excluding hydrogens is 292 g/mol. The smallest absolute Gasteiger partial charge is 0.338 e. The first-order valence-corrected chi connectivity index (χ1v) is 8.53. The predicted octanol–water partition coefficient (Wildman–Crippen LogP) is 3.75. The highest BCUT2D eigenvalue weighted by Gasteiger charge is 2.57. The number of hydrogen-bond acceptors (Lipinski definition) is 4. The Morgan fingerprint density at radius 3 is 2.39 bits per heavy atom. The SMILES string of the molecule is COC(=O)C1(C2CCCC2)CCCC1OC(=O)c1ccccc1. The molecule has 2 saturated carbocycles. The van der Waals surface area contributed by atoms with E-state index in [0.29, 0.717) is 5.56 Å². The van der Waals surface area contributed by atoms with Gasteiger partial charge in [0.05, 0.1) is 12.7 Å². The molecule has 0 bridgehead atoms. The van der Waals surface area contributed by atoms with Crippen LogP contribution in [0.2, 0.25) is 0 Å². The van der Waals surface area contributed by atoms with E-state index in [1.165, 1.54) is 7.11 Å². The fourth-order valence-corrected chi connectivity index (χ4v) is 4.43. The van der Waals surface area contributed by atoms with Gasteiger partial charge in [-0.2, -0.15) is 0 Å². The molecule has 0 N–H and O–H groups in total. The molecule has 0 heterocycles. The number of hydrogen-bond donors (Lipinski definition) is 0. The van der Waals surface area contributed by atoms with Crippen LogP contribution in [0.25, 0.3) is 0 Å². The van der Waals surface area contributed by atoms with E-state index in [-0.39, 0.29) is 24.0 Å². The van der Waals surface area contributed by atoms with Crippen LogP contribution < -0.4 is 0 Å². The van der Waals surface area contributed by atoms with Gasteiger partial charge in [-0.1, -0.05) is 31.0 Å². The predicted molar refractivity (Wildman–Crippen MR) is 85.9 cm³/mol. The van der Waals surface area contributed by atoms with E-state index in [0.717, 1.165) is 44.9 Å². The van der Waals surface area contributed by atoms with Gasteiger partial charge in [0.1, 0.15) is 11.5 Å². The summed E-state index contributed by atoms with van der Waals surface area (Å²) in [5.41, 5.74) is -0.111. The van der Waals surface area contributed by atoms with Gasteiger partial charge in [-0.3, -0.25) is 4.79 Å². The summed E-state index contributed by atoms with van der Waals surface area (Å²) in [6.45, 7) is 0. The average Bonchev–Trinajstić information content (AvgIpc) is 3.25. The Kier molecular flexibility index (Phi) is 4.69. The quantitative estimate of drug-likeness (QED) is 0.794. The Labute approximate surface area is 137 Å². The lowest BCUT2D eigenvalue weighted by molar-refractivity contribution is -0.164. The van der Waals surface area contributed by atoms with Crippen molar-refractivity contribution in [1.29, 1.82) is 0 Å². The lowest BCUT2D eigenvalue weighted by atomic mass is 9.71.